The average Bonchev–Trinajstić information content (AvgIpc) is 2.61. The molecule has 17 heavy (non-hydrogen) atoms. The number of aliphatic hydroxyl groups excluding tert-OH is 3. The van der Waals surface area contributed by atoms with Crippen LogP contribution in [-0.4, -0.2) is 59.7 Å². The van der Waals surface area contributed by atoms with Crippen LogP contribution in [0.3, 0.4) is 0 Å². The molecule has 102 valence electrons. The summed E-state index contributed by atoms with van der Waals surface area (Å²) in [5, 5.41) is 27.9. The Hall–Kier alpha value is -0.240. The molecule has 0 amide bonds. The molecule has 6 heteroatoms. The van der Waals surface area contributed by atoms with Gasteiger partial charge in [-0.3, -0.25) is 0 Å². The Kier molecular flexibility index (Phi) is 6.94. The van der Waals surface area contributed by atoms with E-state index < -0.39 is 24.6 Å². The Morgan fingerprint density at radius 1 is 1.06 bits per heavy atom. The van der Waals surface area contributed by atoms with Crippen molar-refractivity contribution in [2.45, 2.75) is 50.3 Å². The molecule has 5 N–H and O–H groups in total. The summed E-state index contributed by atoms with van der Waals surface area (Å²) in [5.41, 5.74) is 5.37. The fraction of sp³-hybridized carbons (Fsp3) is 1.00. The third-order valence-electron chi connectivity index (χ3n) is 2.88. The molecule has 1 heterocycles. The molecule has 6 nitrogen and oxygen atoms in total. The highest BCUT2D eigenvalue weighted by Crippen LogP contribution is 2.22. The van der Waals surface area contributed by atoms with E-state index >= 15 is 0 Å². The number of nitrogens with two attached hydrogens (primary N) is 1. The van der Waals surface area contributed by atoms with E-state index in [1.165, 1.54) is 0 Å². The lowest BCUT2D eigenvalue weighted by Crippen LogP contribution is -2.34. The van der Waals surface area contributed by atoms with Crippen molar-refractivity contribution in [2.24, 2.45) is 5.73 Å². The van der Waals surface area contributed by atoms with E-state index in [9.17, 15) is 10.2 Å². The van der Waals surface area contributed by atoms with Gasteiger partial charge in [0.2, 0.25) is 0 Å². The molecule has 0 aromatic carbocycles. The molecule has 0 radical (unpaired) electrons. The molecule has 1 saturated heterocycles. The van der Waals surface area contributed by atoms with Gasteiger partial charge in [-0.25, -0.2) is 0 Å². The minimum atomic E-state index is -1.09. The summed E-state index contributed by atoms with van der Waals surface area (Å²) in [6.45, 7) is 0.849. The Labute approximate surface area is 101 Å². The lowest BCUT2D eigenvalue weighted by Gasteiger charge is -2.15. The molecule has 0 saturated carbocycles. The second-order valence-electron chi connectivity index (χ2n) is 4.28. The Bertz CT molecular complexity index is 204. The third kappa shape index (κ3) is 4.50. The van der Waals surface area contributed by atoms with E-state index in [1.807, 2.05) is 0 Å². The molecular formula is C11H23NO5. The van der Waals surface area contributed by atoms with Gasteiger partial charge in [0.1, 0.15) is 18.3 Å². The summed E-state index contributed by atoms with van der Waals surface area (Å²) in [6.07, 6.45) is 0.199. The zero-order valence-electron chi connectivity index (χ0n) is 9.99. The van der Waals surface area contributed by atoms with E-state index in [-0.39, 0.29) is 6.61 Å². The molecule has 1 rings (SSSR count). The average molecular weight is 249 g/mol. The van der Waals surface area contributed by atoms with Crippen LogP contribution in [0.25, 0.3) is 0 Å². The minimum Gasteiger partial charge on any atom is -0.394 e. The van der Waals surface area contributed by atoms with E-state index in [0.29, 0.717) is 13.2 Å². The highest BCUT2D eigenvalue weighted by molar-refractivity contribution is 4.86. The first-order valence-corrected chi connectivity index (χ1v) is 6.14. The van der Waals surface area contributed by atoms with Crippen LogP contribution in [-0.2, 0) is 9.47 Å². The van der Waals surface area contributed by atoms with E-state index in [0.717, 1.165) is 25.7 Å². The molecule has 0 bridgehead atoms. The second kappa shape index (κ2) is 7.97. The normalized spacial score (nSPS) is 33.2. The second-order valence-corrected chi connectivity index (χ2v) is 4.28. The number of aliphatic hydroxyl groups is 3. The Morgan fingerprint density at radius 2 is 1.76 bits per heavy atom. The first kappa shape index (κ1) is 14.8. The first-order chi connectivity index (χ1) is 8.20. The van der Waals surface area contributed by atoms with Gasteiger partial charge in [0, 0.05) is 6.61 Å². The van der Waals surface area contributed by atoms with Crippen LogP contribution in [0.15, 0.2) is 0 Å². The predicted octanol–water partition coefficient (Wildman–Crippen LogP) is -1.04. The fourth-order valence-electron chi connectivity index (χ4n) is 1.80. The van der Waals surface area contributed by atoms with Gasteiger partial charge < -0.3 is 30.5 Å². The van der Waals surface area contributed by atoms with E-state index in [4.69, 9.17) is 20.3 Å². The monoisotopic (exact) mass is 249 g/mol. The van der Waals surface area contributed by atoms with Crippen molar-refractivity contribution in [3.05, 3.63) is 0 Å². The zero-order chi connectivity index (χ0) is 12.7. The SMILES string of the molecule is NCCCCCCOC1O[C@H](CO)[C@@H](O)[C@@H]1O. The van der Waals surface area contributed by atoms with Crippen LogP contribution in [0.4, 0.5) is 0 Å². The van der Waals surface area contributed by atoms with Crippen LogP contribution >= 0.6 is 0 Å². The number of hydrogen-bond acceptors (Lipinski definition) is 6. The third-order valence-corrected chi connectivity index (χ3v) is 2.88. The van der Waals surface area contributed by atoms with Crippen molar-refractivity contribution >= 4 is 0 Å². The van der Waals surface area contributed by atoms with Gasteiger partial charge in [-0.05, 0) is 19.4 Å². The van der Waals surface area contributed by atoms with Crippen LogP contribution in [0, 0.1) is 0 Å². The Balaban J connectivity index is 2.11. The number of rotatable bonds is 8. The van der Waals surface area contributed by atoms with Crippen molar-refractivity contribution < 1.29 is 24.8 Å². The topological polar surface area (TPSA) is 105 Å². The van der Waals surface area contributed by atoms with Crippen LogP contribution in [0.2, 0.25) is 0 Å². The summed E-state index contributed by atoms with van der Waals surface area (Å²) in [6, 6.07) is 0. The Morgan fingerprint density at radius 3 is 2.35 bits per heavy atom. The molecule has 1 aliphatic heterocycles. The van der Waals surface area contributed by atoms with Gasteiger partial charge in [-0.15, -0.1) is 0 Å². The highest BCUT2D eigenvalue weighted by Gasteiger charge is 2.42. The maximum atomic E-state index is 9.57. The van der Waals surface area contributed by atoms with E-state index in [1.54, 1.807) is 0 Å². The van der Waals surface area contributed by atoms with Crippen LogP contribution in [0.5, 0.6) is 0 Å². The standard InChI is InChI=1S/C11H23NO5/c12-5-3-1-2-4-6-16-11-10(15)9(14)8(7-13)17-11/h8-11,13-15H,1-7,12H2/t8-,9-,10+,11?/m1/s1. The maximum Gasteiger partial charge on any atom is 0.186 e. The van der Waals surface area contributed by atoms with Crippen molar-refractivity contribution in [2.75, 3.05) is 19.8 Å². The molecule has 1 fully saturated rings. The molecule has 4 atom stereocenters. The lowest BCUT2D eigenvalue weighted by molar-refractivity contribution is -0.169. The molecule has 0 aromatic rings. The van der Waals surface area contributed by atoms with Gasteiger partial charge in [0.25, 0.3) is 0 Å². The minimum absolute atomic E-state index is 0.325. The first-order valence-electron chi connectivity index (χ1n) is 6.14. The van der Waals surface area contributed by atoms with Crippen molar-refractivity contribution in [3.63, 3.8) is 0 Å². The van der Waals surface area contributed by atoms with E-state index in [2.05, 4.69) is 0 Å². The van der Waals surface area contributed by atoms with Crippen LogP contribution in [0.1, 0.15) is 25.7 Å². The predicted molar refractivity (Wildman–Crippen MR) is 61.2 cm³/mol. The molecule has 1 aliphatic rings. The summed E-state index contributed by atoms with van der Waals surface area (Å²) >= 11 is 0. The number of hydrogen-bond donors (Lipinski definition) is 4. The number of ether oxygens (including phenoxy) is 2. The fourth-order valence-corrected chi connectivity index (χ4v) is 1.80. The molecule has 0 aliphatic carbocycles. The summed E-state index contributed by atoms with van der Waals surface area (Å²) in [7, 11) is 0. The van der Waals surface area contributed by atoms with Gasteiger partial charge in [-0.2, -0.15) is 0 Å². The summed E-state index contributed by atoms with van der Waals surface area (Å²) < 4.78 is 10.5. The largest absolute Gasteiger partial charge is 0.394 e. The van der Waals surface area contributed by atoms with Crippen molar-refractivity contribution in [3.8, 4) is 0 Å². The maximum absolute atomic E-state index is 9.57. The molecule has 0 spiro atoms. The van der Waals surface area contributed by atoms with Gasteiger partial charge in [0.05, 0.1) is 6.61 Å². The van der Waals surface area contributed by atoms with Crippen molar-refractivity contribution in [1.29, 1.82) is 0 Å². The van der Waals surface area contributed by atoms with Gasteiger partial charge in [-0.1, -0.05) is 12.8 Å². The molecule has 1 unspecified atom stereocenters. The smallest absolute Gasteiger partial charge is 0.186 e. The van der Waals surface area contributed by atoms with Crippen LogP contribution < -0.4 is 5.73 Å². The zero-order valence-corrected chi connectivity index (χ0v) is 9.99. The quantitative estimate of drug-likeness (QED) is 0.410. The highest BCUT2D eigenvalue weighted by atomic mass is 16.7. The summed E-state index contributed by atoms with van der Waals surface area (Å²) in [5.74, 6) is 0. The number of unbranched alkanes of at least 4 members (excludes halogenated alkanes) is 3. The molecule has 0 aromatic heterocycles. The van der Waals surface area contributed by atoms with Gasteiger partial charge >= 0.3 is 0 Å². The lowest BCUT2D eigenvalue weighted by atomic mass is 10.1. The summed E-state index contributed by atoms with van der Waals surface area (Å²) in [4.78, 5) is 0. The van der Waals surface area contributed by atoms with Gasteiger partial charge in [0.15, 0.2) is 6.29 Å². The van der Waals surface area contributed by atoms with Crippen molar-refractivity contribution in [1.82, 2.24) is 0 Å². The molecular weight excluding hydrogens is 226 g/mol.